The molecule has 0 saturated carbocycles. The van der Waals surface area contributed by atoms with E-state index in [4.69, 9.17) is 9.84 Å². The van der Waals surface area contributed by atoms with Gasteiger partial charge in [-0.3, -0.25) is 4.79 Å². The molecule has 7 nitrogen and oxygen atoms in total. The van der Waals surface area contributed by atoms with E-state index in [-0.39, 0.29) is 24.7 Å². The van der Waals surface area contributed by atoms with E-state index in [1.54, 1.807) is 0 Å². The number of morpholine rings is 1. The number of carbonyl (C=O) groups is 2. The van der Waals surface area contributed by atoms with Crippen LogP contribution >= 0.6 is 0 Å². The van der Waals surface area contributed by atoms with Gasteiger partial charge in [0.25, 0.3) is 0 Å². The fourth-order valence-corrected chi connectivity index (χ4v) is 2.84. The Bertz CT molecular complexity index is 569. The maximum Gasteiger partial charge on any atom is 0.319 e. The van der Waals surface area contributed by atoms with Gasteiger partial charge in [0.05, 0.1) is 23.6 Å². The number of hydrogen-bond donors (Lipinski definition) is 3. The van der Waals surface area contributed by atoms with E-state index in [1.165, 1.54) is 0 Å². The second-order valence-electron chi connectivity index (χ2n) is 6.06. The first-order valence-electron chi connectivity index (χ1n) is 8.21. The van der Waals surface area contributed by atoms with Crippen LogP contribution in [0.2, 0.25) is 0 Å². The predicted octanol–water partition coefficient (Wildman–Crippen LogP) is 2.29. The first-order valence-corrected chi connectivity index (χ1v) is 8.21. The lowest BCUT2D eigenvalue weighted by Gasteiger charge is -2.37. The molecule has 1 fully saturated rings. The fraction of sp³-hybridized carbons (Fsp3) is 0.529. The molecule has 3 N–H and O–H groups in total. The van der Waals surface area contributed by atoms with Crippen molar-refractivity contribution in [3.05, 3.63) is 24.3 Å². The number of hydrogen-bond acceptors (Lipinski definition) is 4. The van der Waals surface area contributed by atoms with Gasteiger partial charge in [-0.05, 0) is 32.4 Å². The van der Waals surface area contributed by atoms with Gasteiger partial charge in [-0.2, -0.15) is 0 Å². The van der Waals surface area contributed by atoms with Gasteiger partial charge in [0.15, 0.2) is 0 Å². The average Bonchev–Trinajstić information content (AvgIpc) is 2.51. The van der Waals surface area contributed by atoms with Crippen LogP contribution in [-0.2, 0) is 9.53 Å². The number of anilines is 2. The Morgan fingerprint density at radius 1 is 1.25 bits per heavy atom. The molecular weight excluding hydrogens is 310 g/mol. The Kier molecular flexibility index (Phi) is 6.43. The maximum atomic E-state index is 12.0. The molecule has 0 aliphatic carbocycles. The zero-order chi connectivity index (χ0) is 17.5. The Morgan fingerprint density at radius 2 is 1.92 bits per heavy atom. The third kappa shape index (κ3) is 5.42. The van der Waals surface area contributed by atoms with Crippen molar-refractivity contribution < 1.29 is 19.4 Å². The molecule has 0 bridgehead atoms. The van der Waals surface area contributed by atoms with Crippen LogP contribution in [0.4, 0.5) is 16.2 Å². The standard InChI is InChI=1S/C17H25N3O4/c1-12-10-20(11-13(2)24-12)15-7-4-3-6-14(15)19-17(23)18-9-5-8-16(21)22/h3-4,6-7,12-13H,5,8-11H2,1-2H3,(H,21,22)(H2,18,19,23). The number of carbonyl (C=O) groups excluding carboxylic acids is 1. The Morgan fingerprint density at radius 3 is 2.58 bits per heavy atom. The topological polar surface area (TPSA) is 90.9 Å². The molecule has 1 heterocycles. The van der Waals surface area contributed by atoms with E-state index in [9.17, 15) is 9.59 Å². The van der Waals surface area contributed by atoms with Gasteiger partial charge >= 0.3 is 12.0 Å². The molecule has 0 radical (unpaired) electrons. The summed E-state index contributed by atoms with van der Waals surface area (Å²) in [4.78, 5) is 24.7. The first kappa shape index (κ1) is 18.1. The SMILES string of the molecule is CC1CN(c2ccccc2NC(=O)NCCCC(=O)O)CC(C)O1. The highest BCUT2D eigenvalue weighted by Crippen LogP contribution is 2.28. The number of urea groups is 1. The van der Waals surface area contributed by atoms with Crippen LogP contribution in [0.5, 0.6) is 0 Å². The minimum Gasteiger partial charge on any atom is -0.481 e. The first-order chi connectivity index (χ1) is 11.5. The summed E-state index contributed by atoms with van der Waals surface area (Å²) in [5.74, 6) is -0.863. The number of benzene rings is 1. The van der Waals surface area contributed by atoms with Crippen molar-refractivity contribution in [2.75, 3.05) is 29.9 Å². The van der Waals surface area contributed by atoms with Crippen molar-refractivity contribution in [1.29, 1.82) is 0 Å². The van der Waals surface area contributed by atoms with Crippen molar-refractivity contribution in [1.82, 2.24) is 5.32 Å². The summed E-state index contributed by atoms with van der Waals surface area (Å²) in [5, 5.41) is 14.1. The normalized spacial score (nSPS) is 20.5. The third-order valence-corrected chi connectivity index (χ3v) is 3.77. The van der Waals surface area contributed by atoms with E-state index >= 15 is 0 Å². The fourth-order valence-electron chi connectivity index (χ4n) is 2.84. The molecule has 2 unspecified atom stereocenters. The number of rotatable bonds is 6. The van der Waals surface area contributed by atoms with E-state index in [0.717, 1.165) is 24.5 Å². The number of nitrogens with one attached hydrogen (secondary N) is 2. The van der Waals surface area contributed by atoms with Crippen LogP contribution in [0.25, 0.3) is 0 Å². The number of carboxylic acid groups (broad SMARTS) is 1. The van der Waals surface area contributed by atoms with Crippen molar-refractivity contribution in [2.45, 2.75) is 38.9 Å². The molecule has 7 heteroatoms. The zero-order valence-corrected chi connectivity index (χ0v) is 14.1. The van der Waals surface area contributed by atoms with Crippen molar-refractivity contribution >= 4 is 23.4 Å². The van der Waals surface area contributed by atoms with Crippen LogP contribution in [0.3, 0.4) is 0 Å². The molecule has 2 rings (SSSR count). The van der Waals surface area contributed by atoms with Crippen molar-refractivity contribution in [3.8, 4) is 0 Å². The van der Waals surface area contributed by atoms with Gasteiger partial charge in [-0.15, -0.1) is 0 Å². The molecule has 1 aromatic rings. The van der Waals surface area contributed by atoms with Crippen LogP contribution in [0, 0.1) is 0 Å². The number of aliphatic carboxylic acids is 1. The number of para-hydroxylation sites is 2. The number of amides is 2. The number of nitrogens with zero attached hydrogens (tertiary/aromatic N) is 1. The van der Waals surface area contributed by atoms with Crippen LogP contribution in [0.15, 0.2) is 24.3 Å². The molecule has 1 saturated heterocycles. The lowest BCUT2D eigenvalue weighted by Crippen LogP contribution is -2.45. The Labute approximate surface area is 142 Å². The zero-order valence-electron chi connectivity index (χ0n) is 14.1. The Hall–Kier alpha value is -2.28. The van der Waals surface area contributed by atoms with Gasteiger partial charge in [-0.1, -0.05) is 12.1 Å². The highest BCUT2D eigenvalue weighted by molar-refractivity contribution is 5.93. The summed E-state index contributed by atoms with van der Waals surface area (Å²) in [6, 6.07) is 7.32. The third-order valence-electron chi connectivity index (χ3n) is 3.77. The molecule has 2 atom stereocenters. The van der Waals surface area contributed by atoms with Crippen molar-refractivity contribution in [2.24, 2.45) is 0 Å². The van der Waals surface area contributed by atoms with Crippen molar-refractivity contribution in [3.63, 3.8) is 0 Å². The smallest absolute Gasteiger partial charge is 0.319 e. The van der Waals surface area contributed by atoms with Gasteiger partial charge in [0.2, 0.25) is 0 Å². The second kappa shape index (κ2) is 8.54. The highest BCUT2D eigenvalue weighted by Gasteiger charge is 2.24. The van der Waals surface area contributed by atoms with Crippen LogP contribution in [-0.4, -0.2) is 48.9 Å². The molecule has 132 valence electrons. The molecule has 1 aliphatic rings. The molecule has 1 aromatic carbocycles. The molecular formula is C17H25N3O4. The minimum absolute atomic E-state index is 0.0421. The van der Waals surface area contributed by atoms with E-state index in [1.807, 2.05) is 38.1 Å². The number of ether oxygens (including phenoxy) is 1. The minimum atomic E-state index is -0.863. The van der Waals surface area contributed by atoms with Gasteiger partial charge in [0.1, 0.15) is 0 Å². The van der Waals surface area contributed by atoms with Gasteiger partial charge < -0.3 is 25.4 Å². The summed E-state index contributed by atoms with van der Waals surface area (Å²) < 4.78 is 5.75. The van der Waals surface area contributed by atoms with Gasteiger partial charge in [-0.25, -0.2) is 4.79 Å². The summed E-state index contributed by atoms with van der Waals surface area (Å²) in [6.07, 6.45) is 0.710. The molecule has 0 aromatic heterocycles. The summed E-state index contributed by atoms with van der Waals surface area (Å²) >= 11 is 0. The summed E-state index contributed by atoms with van der Waals surface area (Å²) in [5.41, 5.74) is 1.69. The second-order valence-corrected chi connectivity index (χ2v) is 6.06. The summed E-state index contributed by atoms with van der Waals surface area (Å²) in [7, 11) is 0. The molecule has 0 spiro atoms. The maximum absolute atomic E-state index is 12.0. The van der Waals surface area contributed by atoms with Gasteiger partial charge in [0, 0.05) is 26.1 Å². The molecule has 24 heavy (non-hydrogen) atoms. The van der Waals surface area contributed by atoms with Crippen LogP contribution in [0.1, 0.15) is 26.7 Å². The van der Waals surface area contributed by atoms with E-state index in [0.29, 0.717) is 13.0 Å². The largest absolute Gasteiger partial charge is 0.481 e. The monoisotopic (exact) mass is 335 g/mol. The lowest BCUT2D eigenvalue weighted by atomic mass is 10.1. The summed E-state index contributed by atoms with van der Waals surface area (Å²) in [6.45, 7) is 5.93. The Balaban J connectivity index is 1.95. The highest BCUT2D eigenvalue weighted by atomic mass is 16.5. The molecule has 2 amide bonds. The quantitative estimate of drug-likeness (QED) is 0.694. The predicted molar refractivity (Wildman–Crippen MR) is 92.6 cm³/mol. The number of carboxylic acids is 1. The van der Waals surface area contributed by atoms with E-state index in [2.05, 4.69) is 15.5 Å². The lowest BCUT2D eigenvalue weighted by molar-refractivity contribution is -0.137. The van der Waals surface area contributed by atoms with E-state index < -0.39 is 5.97 Å². The molecule has 1 aliphatic heterocycles. The average molecular weight is 335 g/mol. The van der Waals surface area contributed by atoms with Crippen LogP contribution < -0.4 is 15.5 Å².